The molecule has 7 rings (SSSR count). The molecule has 282 valence electrons. The molecule has 2 unspecified atom stereocenters. The first-order chi connectivity index (χ1) is 26.0. The van der Waals surface area contributed by atoms with Crippen LogP contribution >= 0.6 is 22.9 Å². The van der Waals surface area contributed by atoms with E-state index in [1.54, 1.807) is 29.5 Å². The van der Waals surface area contributed by atoms with Crippen molar-refractivity contribution in [2.75, 3.05) is 18.4 Å². The van der Waals surface area contributed by atoms with Gasteiger partial charge in [-0.05, 0) is 76.3 Å². The average molecular weight is 771 g/mol. The Morgan fingerprint density at radius 1 is 1.04 bits per heavy atom. The third kappa shape index (κ3) is 7.61. The van der Waals surface area contributed by atoms with Gasteiger partial charge in [-0.15, -0.1) is 21.5 Å². The summed E-state index contributed by atoms with van der Waals surface area (Å²) in [7, 11) is 0. The summed E-state index contributed by atoms with van der Waals surface area (Å²) in [5.41, 5.74) is 5.73. The van der Waals surface area contributed by atoms with Gasteiger partial charge < -0.3 is 20.5 Å². The molecule has 0 spiro atoms. The second-order valence-corrected chi connectivity index (χ2v) is 15.8. The lowest BCUT2D eigenvalue weighted by Crippen LogP contribution is -3.07. The van der Waals surface area contributed by atoms with Crippen LogP contribution in [0.5, 0.6) is 0 Å². The molecule has 0 bridgehead atoms. The predicted octanol–water partition coefficient (Wildman–Crippen LogP) is 4.92. The van der Waals surface area contributed by atoms with Gasteiger partial charge in [0.25, 0.3) is 5.91 Å². The van der Waals surface area contributed by atoms with Crippen LogP contribution in [-0.4, -0.2) is 68.1 Å². The van der Waals surface area contributed by atoms with E-state index in [1.807, 2.05) is 31.2 Å². The van der Waals surface area contributed by atoms with Crippen molar-refractivity contribution >= 4 is 58.0 Å². The van der Waals surface area contributed by atoms with Gasteiger partial charge in [-0.3, -0.25) is 34.1 Å². The largest absolute Gasteiger partial charge is 0.634 e. The summed E-state index contributed by atoms with van der Waals surface area (Å²) in [5, 5.41) is 29.2. The summed E-state index contributed by atoms with van der Waals surface area (Å²) in [5.74, 6) is 0.273. The van der Waals surface area contributed by atoms with Gasteiger partial charge in [-0.1, -0.05) is 36.2 Å². The number of hydrogen-bond acceptors (Lipinski definition) is 9. The molecule has 2 aromatic carbocycles. The predicted molar refractivity (Wildman–Crippen MR) is 206 cm³/mol. The number of anilines is 1. The first kappa shape index (κ1) is 37.6. The smallest absolute Gasteiger partial charge is 0.255 e. The van der Waals surface area contributed by atoms with Crippen molar-refractivity contribution in [2.45, 2.75) is 90.8 Å². The lowest BCUT2D eigenvalue weighted by molar-refractivity contribution is -0.848. The fraction of sp³-hybridized carbons (Fsp3) is 0.410. The number of aliphatic imine (C=N–C) groups is 1. The number of halogens is 1. The SMILES string of the molecule is Cc1sc2c(c1C)C(c1ccc(Cl)cc1)=N[C@@H](CC[NH+]([O-])CCCCCCC(=O)Nc1cccc3c1CN(C1CCC(=O)NC1=O)C3=O)c1nnc(C)n1-2. The standard InChI is InChI=1S/C39H43ClN8O5S/c1-22-23(2)54-39-34(22)35(25-12-14-26(40)15-13-25)42-30(36-45-44-24(3)48(36)39)18-20-46(53)19-7-5-4-6-11-32(49)41-29-10-8-9-27-28(29)21-47(38(27)52)31-16-17-33(50)43-37(31)51/h8-10,12-15,30-31,46H,4-7,11,16-21H2,1-3H3,(H,41,49)(H,43,50,51)/t30-,31?/m0/s1. The van der Waals surface area contributed by atoms with E-state index in [4.69, 9.17) is 16.6 Å². The lowest BCUT2D eigenvalue weighted by atomic mass is 9.99. The molecule has 3 N–H and O–H groups in total. The summed E-state index contributed by atoms with van der Waals surface area (Å²) in [6.45, 7) is 7.18. The van der Waals surface area contributed by atoms with Crippen molar-refractivity contribution in [1.29, 1.82) is 0 Å². The number of aromatic nitrogens is 3. The van der Waals surface area contributed by atoms with Gasteiger partial charge in [0.2, 0.25) is 17.7 Å². The fourth-order valence-corrected chi connectivity index (χ4v) is 8.83. The highest BCUT2D eigenvalue weighted by molar-refractivity contribution is 7.15. The molecule has 1 saturated heterocycles. The van der Waals surface area contributed by atoms with Crippen LogP contribution in [0, 0.1) is 26.0 Å². The summed E-state index contributed by atoms with van der Waals surface area (Å²) < 4.78 is 2.10. The van der Waals surface area contributed by atoms with E-state index in [1.165, 1.54) is 9.78 Å². The minimum Gasteiger partial charge on any atom is -0.634 e. The molecule has 1 fully saturated rings. The molecule has 3 aliphatic rings. The molecule has 2 aromatic heterocycles. The minimum atomic E-state index is -0.717. The number of fused-ring (bicyclic) bond motifs is 4. The van der Waals surface area contributed by atoms with Gasteiger partial charge in [0.05, 0.1) is 18.8 Å². The molecule has 5 heterocycles. The van der Waals surface area contributed by atoms with Crippen LogP contribution in [0.25, 0.3) is 5.00 Å². The molecule has 13 nitrogen and oxygen atoms in total. The number of thiophene rings is 1. The second kappa shape index (κ2) is 15.9. The van der Waals surface area contributed by atoms with Gasteiger partial charge >= 0.3 is 0 Å². The van der Waals surface area contributed by atoms with Gasteiger partial charge in [0.15, 0.2) is 5.82 Å². The van der Waals surface area contributed by atoms with Crippen molar-refractivity contribution in [3.8, 4) is 5.00 Å². The average Bonchev–Trinajstić information content (AvgIpc) is 3.75. The molecular weight excluding hydrogens is 728 g/mol. The number of rotatable bonds is 13. The van der Waals surface area contributed by atoms with E-state index in [0.717, 1.165) is 58.3 Å². The molecule has 0 radical (unpaired) electrons. The minimum absolute atomic E-state index is 0.156. The molecule has 4 aromatic rings. The molecule has 4 amide bonds. The third-order valence-corrected chi connectivity index (χ3v) is 12.0. The Morgan fingerprint density at radius 3 is 2.59 bits per heavy atom. The number of imide groups is 1. The van der Waals surface area contributed by atoms with E-state index in [9.17, 15) is 24.4 Å². The Bertz CT molecular complexity index is 2140. The molecule has 0 saturated carbocycles. The third-order valence-electron chi connectivity index (χ3n) is 10.5. The van der Waals surface area contributed by atoms with Crippen LogP contribution in [0.2, 0.25) is 5.02 Å². The molecule has 3 aliphatic heterocycles. The summed E-state index contributed by atoms with van der Waals surface area (Å²) in [4.78, 5) is 57.9. The van der Waals surface area contributed by atoms with Crippen molar-refractivity contribution < 1.29 is 24.2 Å². The highest BCUT2D eigenvalue weighted by atomic mass is 35.5. The van der Waals surface area contributed by atoms with E-state index in [0.29, 0.717) is 54.2 Å². The lowest BCUT2D eigenvalue weighted by Gasteiger charge is -2.29. The number of quaternary nitrogens is 1. The second-order valence-electron chi connectivity index (χ2n) is 14.2. The number of nitrogens with one attached hydrogen (secondary N) is 3. The van der Waals surface area contributed by atoms with E-state index in [-0.39, 0.29) is 48.2 Å². The molecule has 15 heteroatoms. The Morgan fingerprint density at radius 2 is 1.81 bits per heavy atom. The first-order valence-electron chi connectivity index (χ1n) is 18.4. The topological polar surface area (TPSA) is 166 Å². The van der Waals surface area contributed by atoms with Gasteiger partial charge in [-0.2, -0.15) is 0 Å². The normalized spacial score (nSPS) is 18.4. The number of carbonyl (C=O) groups excluding carboxylic acids is 4. The zero-order valence-corrected chi connectivity index (χ0v) is 32.1. The van der Waals surface area contributed by atoms with Crippen molar-refractivity contribution in [3.63, 3.8) is 0 Å². The summed E-state index contributed by atoms with van der Waals surface area (Å²) in [6, 6.07) is 11.8. The van der Waals surface area contributed by atoms with E-state index in [2.05, 4.69) is 39.2 Å². The number of aryl methyl sites for hydroxylation is 2. The highest BCUT2D eigenvalue weighted by Crippen LogP contribution is 2.39. The number of piperidine rings is 1. The number of hydroxylamine groups is 2. The zero-order valence-electron chi connectivity index (χ0n) is 30.5. The van der Waals surface area contributed by atoms with Gasteiger partial charge in [0.1, 0.15) is 22.9 Å². The van der Waals surface area contributed by atoms with Gasteiger partial charge in [0, 0.05) is 63.6 Å². The number of benzene rings is 2. The fourth-order valence-electron chi connectivity index (χ4n) is 7.49. The quantitative estimate of drug-likeness (QED) is 0.0986. The maximum absolute atomic E-state index is 13.1. The zero-order chi connectivity index (χ0) is 38.1. The Hall–Kier alpha value is -4.76. The van der Waals surface area contributed by atoms with Crippen LogP contribution in [-0.2, 0) is 20.9 Å². The van der Waals surface area contributed by atoms with Crippen LogP contribution < -0.4 is 15.7 Å². The van der Waals surface area contributed by atoms with Gasteiger partial charge in [-0.25, -0.2) is 0 Å². The number of hydrogen-bond donors (Lipinski definition) is 3. The van der Waals surface area contributed by atoms with E-state index >= 15 is 0 Å². The summed E-state index contributed by atoms with van der Waals surface area (Å²) in [6.07, 6.45) is 4.30. The monoisotopic (exact) mass is 770 g/mol. The van der Waals surface area contributed by atoms with Crippen LogP contribution in [0.3, 0.4) is 0 Å². The number of amides is 4. The number of nitrogens with zero attached hydrogens (tertiary/aromatic N) is 5. The van der Waals surface area contributed by atoms with Crippen LogP contribution in [0.4, 0.5) is 5.69 Å². The Balaban J connectivity index is 0.894. The van der Waals surface area contributed by atoms with Crippen molar-refractivity contribution in [1.82, 2.24) is 25.0 Å². The van der Waals surface area contributed by atoms with Crippen molar-refractivity contribution in [2.24, 2.45) is 4.99 Å². The number of unbranched alkanes of at least 4 members (excludes halogenated alkanes) is 3. The van der Waals surface area contributed by atoms with Crippen LogP contribution in [0.15, 0.2) is 47.5 Å². The number of carbonyl (C=O) groups is 4. The molecule has 54 heavy (non-hydrogen) atoms. The van der Waals surface area contributed by atoms with Crippen molar-refractivity contribution in [3.05, 3.63) is 97.0 Å². The molecular formula is C39H43ClN8O5S. The molecule has 0 aliphatic carbocycles. The maximum Gasteiger partial charge on any atom is 0.255 e. The highest BCUT2D eigenvalue weighted by Gasteiger charge is 2.40. The van der Waals surface area contributed by atoms with E-state index < -0.39 is 11.9 Å². The Kier molecular flexibility index (Phi) is 11.1. The first-order valence-corrected chi connectivity index (χ1v) is 19.6. The molecule has 3 atom stereocenters. The maximum atomic E-state index is 13.1. The Labute approximate surface area is 322 Å². The summed E-state index contributed by atoms with van der Waals surface area (Å²) >= 11 is 7.93. The van der Waals surface area contributed by atoms with Crippen LogP contribution in [0.1, 0.15) is 107 Å².